The molecule has 0 saturated heterocycles. The highest BCUT2D eigenvalue weighted by Gasteiger charge is 2.15. The maximum Gasteiger partial charge on any atom is 0.0721 e. The van der Waals surface area contributed by atoms with E-state index >= 15 is 0 Å². The molecular weight excluding hydrogens is 368 g/mol. The number of nitrogens with one attached hydrogen (secondary N) is 1. The largest absolute Gasteiger partial charge is 0.271 e. The highest BCUT2D eigenvalue weighted by atomic mass is 79.9. The van der Waals surface area contributed by atoms with Crippen LogP contribution in [0.3, 0.4) is 0 Å². The maximum absolute atomic E-state index is 5.73. The molecule has 2 rings (SSSR count). The summed E-state index contributed by atoms with van der Waals surface area (Å²) in [5.41, 5.74) is 6.49. The van der Waals surface area contributed by atoms with Crippen molar-refractivity contribution in [1.29, 1.82) is 0 Å². The lowest BCUT2D eigenvalue weighted by Gasteiger charge is -2.19. The number of nitrogens with two attached hydrogens (primary N) is 1. The minimum atomic E-state index is -0.0200. The first kappa shape index (κ1) is 14.7. The Morgan fingerprint density at radius 3 is 2.32 bits per heavy atom. The Morgan fingerprint density at radius 1 is 1.11 bits per heavy atom. The summed E-state index contributed by atoms with van der Waals surface area (Å²) in [6.45, 7) is 2.15. The Kier molecular flexibility index (Phi) is 5.16. The van der Waals surface area contributed by atoms with Crippen LogP contribution in [-0.4, -0.2) is 0 Å². The van der Waals surface area contributed by atoms with Crippen molar-refractivity contribution in [2.24, 2.45) is 5.84 Å². The first-order valence-electron chi connectivity index (χ1n) is 6.15. The number of benzene rings is 2. The molecule has 2 aromatic carbocycles. The third kappa shape index (κ3) is 3.45. The van der Waals surface area contributed by atoms with Gasteiger partial charge in [0.2, 0.25) is 0 Å². The summed E-state index contributed by atoms with van der Waals surface area (Å²) >= 11 is 7.05. The Balaban J connectivity index is 2.37. The molecule has 0 heterocycles. The van der Waals surface area contributed by atoms with Crippen LogP contribution >= 0.6 is 31.9 Å². The van der Waals surface area contributed by atoms with Crippen LogP contribution < -0.4 is 11.3 Å². The molecule has 0 saturated carbocycles. The number of halogens is 2. The fourth-order valence-electron chi connectivity index (χ4n) is 2.05. The van der Waals surface area contributed by atoms with Crippen molar-refractivity contribution in [2.75, 3.05) is 0 Å². The van der Waals surface area contributed by atoms with E-state index in [0.29, 0.717) is 0 Å². The third-order valence-corrected chi connectivity index (χ3v) is 4.34. The maximum atomic E-state index is 5.73. The highest BCUT2D eigenvalue weighted by molar-refractivity contribution is 9.11. The van der Waals surface area contributed by atoms with E-state index in [4.69, 9.17) is 5.84 Å². The van der Waals surface area contributed by atoms with E-state index in [1.165, 1.54) is 5.56 Å². The second-order valence-electron chi connectivity index (χ2n) is 4.36. The van der Waals surface area contributed by atoms with E-state index in [1.807, 2.05) is 12.1 Å². The number of hydrogen-bond acceptors (Lipinski definition) is 2. The fraction of sp³-hybridized carbons (Fsp3) is 0.200. The molecule has 2 aromatic rings. The van der Waals surface area contributed by atoms with Gasteiger partial charge in [-0.2, -0.15) is 0 Å². The molecule has 0 fully saturated rings. The fourth-order valence-corrected chi connectivity index (χ4v) is 3.32. The first-order chi connectivity index (χ1) is 9.15. The average Bonchev–Trinajstić information content (AvgIpc) is 2.42. The minimum absolute atomic E-state index is 0.0200. The van der Waals surface area contributed by atoms with Crippen molar-refractivity contribution in [1.82, 2.24) is 5.43 Å². The molecule has 2 nitrogen and oxygen atoms in total. The Hall–Kier alpha value is -0.680. The molecule has 1 unspecified atom stereocenters. The zero-order valence-corrected chi connectivity index (χ0v) is 13.8. The van der Waals surface area contributed by atoms with Crippen LogP contribution in [0.5, 0.6) is 0 Å². The van der Waals surface area contributed by atoms with Gasteiger partial charge in [0.25, 0.3) is 0 Å². The molecule has 0 aliphatic rings. The van der Waals surface area contributed by atoms with E-state index < -0.39 is 0 Å². The van der Waals surface area contributed by atoms with Crippen molar-refractivity contribution in [3.05, 3.63) is 68.1 Å². The van der Waals surface area contributed by atoms with Gasteiger partial charge in [-0.25, -0.2) is 5.43 Å². The molecule has 19 heavy (non-hydrogen) atoms. The van der Waals surface area contributed by atoms with Crippen molar-refractivity contribution < 1.29 is 0 Å². The van der Waals surface area contributed by atoms with E-state index in [0.717, 1.165) is 26.5 Å². The van der Waals surface area contributed by atoms with Crippen LogP contribution in [0.25, 0.3) is 0 Å². The first-order valence-corrected chi connectivity index (χ1v) is 7.74. The van der Waals surface area contributed by atoms with Crippen LogP contribution in [0.15, 0.2) is 51.4 Å². The van der Waals surface area contributed by atoms with Crippen LogP contribution in [0.1, 0.15) is 29.7 Å². The summed E-state index contributed by atoms with van der Waals surface area (Å²) in [6, 6.07) is 14.6. The molecule has 3 N–H and O–H groups in total. The topological polar surface area (TPSA) is 38.0 Å². The van der Waals surface area contributed by atoms with Gasteiger partial charge in [0, 0.05) is 8.95 Å². The average molecular weight is 384 g/mol. The van der Waals surface area contributed by atoms with Gasteiger partial charge in [-0.15, -0.1) is 0 Å². The Morgan fingerprint density at radius 2 is 1.79 bits per heavy atom. The summed E-state index contributed by atoms with van der Waals surface area (Å²) in [6.07, 6.45) is 1.04. The van der Waals surface area contributed by atoms with Gasteiger partial charge in [0.05, 0.1) is 6.04 Å². The number of hydrogen-bond donors (Lipinski definition) is 2. The van der Waals surface area contributed by atoms with Crippen molar-refractivity contribution >= 4 is 31.9 Å². The molecule has 100 valence electrons. The monoisotopic (exact) mass is 382 g/mol. The molecule has 0 bridgehead atoms. The molecule has 0 amide bonds. The van der Waals surface area contributed by atoms with E-state index in [9.17, 15) is 0 Å². The van der Waals surface area contributed by atoms with Crippen molar-refractivity contribution in [3.8, 4) is 0 Å². The number of aryl methyl sites for hydroxylation is 1. The van der Waals surface area contributed by atoms with Gasteiger partial charge in [-0.05, 0) is 35.2 Å². The van der Waals surface area contributed by atoms with Gasteiger partial charge in [-0.3, -0.25) is 5.84 Å². The van der Waals surface area contributed by atoms with Gasteiger partial charge in [0.1, 0.15) is 0 Å². The minimum Gasteiger partial charge on any atom is -0.271 e. The van der Waals surface area contributed by atoms with Crippen LogP contribution in [0.4, 0.5) is 0 Å². The molecule has 1 atom stereocenters. The molecule has 4 heteroatoms. The van der Waals surface area contributed by atoms with Crippen LogP contribution in [0, 0.1) is 0 Å². The lowest BCUT2D eigenvalue weighted by atomic mass is 9.98. The molecule has 0 aliphatic heterocycles. The normalized spacial score (nSPS) is 12.4. The molecule has 0 radical (unpaired) electrons. The lowest BCUT2D eigenvalue weighted by Crippen LogP contribution is -2.29. The number of hydrazine groups is 1. The quantitative estimate of drug-likeness (QED) is 0.609. The Labute approximate surface area is 130 Å². The van der Waals surface area contributed by atoms with Gasteiger partial charge >= 0.3 is 0 Å². The summed E-state index contributed by atoms with van der Waals surface area (Å²) < 4.78 is 2.07. The van der Waals surface area contributed by atoms with Crippen molar-refractivity contribution in [2.45, 2.75) is 19.4 Å². The Bertz CT molecular complexity index is 553. The van der Waals surface area contributed by atoms with Gasteiger partial charge < -0.3 is 0 Å². The molecule has 0 aliphatic carbocycles. The van der Waals surface area contributed by atoms with Crippen LogP contribution in [0.2, 0.25) is 0 Å². The predicted octanol–water partition coefficient (Wildman–Crippen LogP) is 4.33. The van der Waals surface area contributed by atoms with Gasteiger partial charge in [0.15, 0.2) is 0 Å². The second kappa shape index (κ2) is 6.66. The van der Waals surface area contributed by atoms with E-state index in [-0.39, 0.29) is 6.04 Å². The summed E-state index contributed by atoms with van der Waals surface area (Å²) in [5.74, 6) is 5.73. The van der Waals surface area contributed by atoms with Crippen LogP contribution in [-0.2, 0) is 6.42 Å². The number of rotatable bonds is 4. The van der Waals surface area contributed by atoms with Gasteiger partial charge in [-0.1, -0.05) is 69.1 Å². The molecule has 0 aromatic heterocycles. The smallest absolute Gasteiger partial charge is 0.0721 e. The zero-order valence-electron chi connectivity index (χ0n) is 10.7. The second-order valence-corrected chi connectivity index (χ2v) is 6.13. The summed E-state index contributed by atoms with van der Waals surface area (Å²) in [4.78, 5) is 0. The summed E-state index contributed by atoms with van der Waals surface area (Å²) in [5, 5.41) is 0. The lowest BCUT2D eigenvalue weighted by molar-refractivity contribution is 0.634. The zero-order chi connectivity index (χ0) is 13.8. The van der Waals surface area contributed by atoms with Crippen molar-refractivity contribution in [3.63, 3.8) is 0 Å². The van der Waals surface area contributed by atoms with E-state index in [2.05, 4.69) is 74.5 Å². The predicted molar refractivity (Wildman–Crippen MR) is 86.8 cm³/mol. The third-order valence-electron chi connectivity index (χ3n) is 3.16. The SMILES string of the molecule is CCc1ccc(C(NN)c2ccc(Br)cc2Br)cc1. The molecule has 0 spiro atoms. The van der Waals surface area contributed by atoms with E-state index in [1.54, 1.807) is 0 Å². The highest BCUT2D eigenvalue weighted by Crippen LogP contribution is 2.30. The molecular formula is C15H16Br2N2. The summed E-state index contributed by atoms with van der Waals surface area (Å²) in [7, 11) is 0. The standard InChI is InChI=1S/C15H16Br2N2/c1-2-10-3-5-11(6-4-10)15(19-18)13-8-7-12(16)9-14(13)17/h3-9,15,19H,2,18H2,1H3.